The number of halogens is 1. The molecular weight excluding hydrogens is 464 g/mol. The molecule has 1 saturated heterocycles. The molecule has 5 rings (SSSR count). The monoisotopic (exact) mass is 488 g/mol. The lowest BCUT2D eigenvalue weighted by Crippen LogP contribution is -2.43. The predicted octanol–water partition coefficient (Wildman–Crippen LogP) is 4.87. The van der Waals surface area contributed by atoms with E-state index in [1.807, 2.05) is 29.2 Å². The van der Waals surface area contributed by atoms with Gasteiger partial charge in [0.2, 0.25) is 0 Å². The van der Waals surface area contributed by atoms with E-state index in [1.54, 1.807) is 11.3 Å². The van der Waals surface area contributed by atoms with Crippen LogP contribution < -0.4 is 4.90 Å². The topological polar surface area (TPSA) is 58.6 Å². The minimum absolute atomic E-state index is 0. The highest BCUT2D eigenvalue weighted by molar-refractivity contribution is 7.23. The lowest BCUT2D eigenvalue weighted by atomic mass is 10.2. The number of morpholine rings is 1. The number of fused-ring (bicyclic) bond motifs is 2. The van der Waals surface area contributed by atoms with E-state index in [-0.39, 0.29) is 18.3 Å². The lowest BCUT2D eigenvalue weighted by Gasteiger charge is -2.28. The van der Waals surface area contributed by atoms with Gasteiger partial charge in [-0.05, 0) is 36.2 Å². The average molecular weight is 489 g/mol. The maximum Gasteiger partial charge on any atom is 0.289 e. The van der Waals surface area contributed by atoms with Gasteiger partial charge in [-0.25, -0.2) is 9.97 Å². The number of ether oxygens (including phenoxy) is 1. The van der Waals surface area contributed by atoms with Crippen molar-refractivity contribution in [2.75, 3.05) is 44.3 Å². The first-order valence-corrected chi connectivity index (χ1v) is 12.2. The van der Waals surface area contributed by atoms with Crippen LogP contribution in [0.2, 0.25) is 0 Å². The molecule has 1 fully saturated rings. The third kappa shape index (κ3) is 4.79. The fourth-order valence-corrected chi connectivity index (χ4v) is 5.69. The number of thiazole rings is 2. The van der Waals surface area contributed by atoms with Gasteiger partial charge in [0.15, 0.2) is 10.1 Å². The van der Waals surface area contributed by atoms with Crippen LogP contribution in [0.5, 0.6) is 0 Å². The standard InChI is InChI=1S/C23H24N4O2S2.ClH/c1-2-16-7-8-18-20(15-16)31-23(25-18)27(10-9-26-11-13-29-14-12-26)22(28)21-24-17-5-3-4-6-19(17)30-21;/h3-8,15H,2,9-14H2,1H3;1H. The molecule has 168 valence electrons. The maximum atomic E-state index is 13.6. The predicted molar refractivity (Wildman–Crippen MR) is 135 cm³/mol. The van der Waals surface area contributed by atoms with Crippen LogP contribution in [0.25, 0.3) is 20.4 Å². The number of anilines is 1. The molecule has 0 spiro atoms. The van der Waals surface area contributed by atoms with E-state index in [0.29, 0.717) is 11.6 Å². The Balaban J connectivity index is 0.00000245. The van der Waals surface area contributed by atoms with Crippen LogP contribution in [-0.2, 0) is 11.2 Å². The molecule has 0 atom stereocenters. The summed E-state index contributed by atoms with van der Waals surface area (Å²) in [6, 6.07) is 14.2. The maximum absolute atomic E-state index is 13.6. The first kappa shape index (κ1) is 23.1. The molecule has 1 amide bonds. The van der Waals surface area contributed by atoms with Gasteiger partial charge in [-0.2, -0.15) is 0 Å². The van der Waals surface area contributed by atoms with E-state index >= 15 is 0 Å². The van der Waals surface area contributed by atoms with Crippen LogP contribution >= 0.6 is 35.1 Å². The quantitative estimate of drug-likeness (QED) is 0.387. The smallest absolute Gasteiger partial charge is 0.289 e. The van der Waals surface area contributed by atoms with Crippen molar-refractivity contribution in [1.29, 1.82) is 0 Å². The Hall–Kier alpha value is -2.10. The van der Waals surface area contributed by atoms with Gasteiger partial charge >= 0.3 is 0 Å². The molecule has 1 aliphatic heterocycles. The van der Waals surface area contributed by atoms with E-state index in [2.05, 4.69) is 35.0 Å². The lowest BCUT2D eigenvalue weighted by molar-refractivity contribution is 0.0391. The van der Waals surface area contributed by atoms with E-state index < -0.39 is 0 Å². The van der Waals surface area contributed by atoms with Gasteiger partial charge in [0, 0.05) is 26.2 Å². The van der Waals surface area contributed by atoms with Crippen molar-refractivity contribution in [3.8, 4) is 0 Å². The summed E-state index contributed by atoms with van der Waals surface area (Å²) in [6.07, 6.45) is 0.981. The molecule has 0 unspecified atom stereocenters. The summed E-state index contributed by atoms with van der Waals surface area (Å²) < 4.78 is 7.60. The summed E-state index contributed by atoms with van der Waals surface area (Å²) in [4.78, 5) is 27.1. The van der Waals surface area contributed by atoms with E-state index in [9.17, 15) is 4.79 Å². The van der Waals surface area contributed by atoms with E-state index in [4.69, 9.17) is 9.72 Å². The molecule has 0 bridgehead atoms. The number of amides is 1. The van der Waals surface area contributed by atoms with Crippen molar-refractivity contribution in [2.45, 2.75) is 13.3 Å². The molecule has 0 aliphatic carbocycles. The number of benzene rings is 2. The Morgan fingerprint density at radius 2 is 1.84 bits per heavy atom. The molecule has 0 N–H and O–H groups in total. The van der Waals surface area contributed by atoms with Crippen LogP contribution in [0.15, 0.2) is 42.5 Å². The van der Waals surface area contributed by atoms with Gasteiger partial charge in [0.05, 0.1) is 33.6 Å². The van der Waals surface area contributed by atoms with Gasteiger partial charge in [0.1, 0.15) is 0 Å². The molecule has 3 heterocycles. The number of aryl methyl sites for hydroxylation is 1. The molecule has 0 saturated carbocycles. The first-order chi connectivity index (χ1) is 15.2. The number of nitrogens with zero attached hydrogens (tertiary/aromatic N) is 4. The van der Waals surface area contributed by atoms with Gasteiger partial charge in [-0.15, -0.1) is 23.7 Å². The number of hydrogen-bond acceptors (Lipinski definition) is 7. The van der Waals surface area contributed by atoms with Crippen LogP contribution in [0.1, 0.15) is 22.3 Å². The second-order valence-electron chi connectivity index (χ2n) is 7.55. The normalized spacial score (nSPS) is 14.5. The highest BCUT2D eigenvalue weighted by atomic mass is 35.5. The molecular formula is C23H25ClN4O2S2. The highest BCUT2D eigenvalue weighted by Crippen LogP contribution is 2.32. The molecule has 1 aliphatic rings. The summed E-state index contributed by atoms with van der Waals surface area (Å²) in [5, 5.41) is 1.25. The number of rotatable bonds is 6. The van der Waals surface area contributed by atoms with Crippen molar-refractivity contribution in [3.63, 3.8) is 0 Å². The fourth-order valence-electron chi connectivity index (χ4n) is 3.72. The van der Waals surface area contributed by atoms with Crippen molar-refractivity contribution in [1.82, 2.24) is 14.9 Å². The van der Waals surface area contributed by atoms with Crippen molar-refractivity contribution < 1.29 is 9.53 Å². The van der Waals surface area contributed by atoms with Crippen molar-refractivity contribution >= 4 is 66.6 Å². The fraction of sp³-hybridized carbons (Fsp3) is 0.348. The van der Waals surface area contributed by atoms with E-state index in [0.717, 1.165) is 64.8 Å². The minimum Gasteiger partial charge on any atom is -0.379 e. The molecule has 6 nitrogen and oxygen atoms in total. The van der Waals surface area contributed by atoms with Crippen LogP contribution in [0.4, 0.5) is 5.13 Å². The Kier molecular flexibility index (Phi) is 7.37. The largest absolute Gasteiger partial charge is 0.379 e. The van der Waals surface area contributed by atoms with Crippen LogP contribution in [-0.4, -0.2) is 60.2 Å². The Morgan fingerprint density at radius 3 is 2.62 bits per heavy atom. The Morgan fingerprint density at radius 1 is 1.06 bits per heavy atom. The SMILES string of the molecule is CCc1ccc2nc(N(CCN3CCOCC3)C(=O)c3nc4ccccc4s3)sc2c1.Cl. The summed E-state index contributed by atoms with van der Waals surface area (Å²) in [5.74, 6) is -0.0794. The first-order valence-electron chi connectivity index (χ1n) is 10.6. The summed E-state index contributed by atoms with van der Waals surface area (Å²) in [7, 11) is 0. The molecule has 2 aromatic carbocycles. The molecule has 4 aromatic rings. The van der Waals surface area contributed by atoms with Gasteiger partial charge < -0.3 is 4.74 Å². The summed E-state index contributed by atoms with van der Waals surface area (Å²) in [5.41, 5.74) is 3.08. The third-order valence-electron chi connectivity index (χ3n) is 5.55. The second-order valence-corrected chi connectivity index (χ2v) is 9.59. The zero-order valence-electron chi connectivity index (χ0n) is 17.8. The Labute approximate surface area is 201 Å². The van der Waals surface area contributed by atoms with Gasteiger partial charge in [-0.1, -0.05) is 36.5 Å². The highest BCUT2D eigenvalue weighted by Gasteiger charge is 2.25. The molecule has 32 heavy (non-hydrogen) atoms. The number of hydrogen-bond donors (Lipinski definition) is 0. The molecule has 2 aromatic heterocycles. The third-order valence-corrected chi connectivity index (χ3v) is 7.61. The average Bonchev–Trinajstić information content (AvgIpc) is 3.43. The Bertz CT molecular complexity index is 1190. The van der Waals surface area contributed by atoms with Crippen molar-refractivity contribution in [2.24, 2.45) is 0 Å². The molecule has 0 radical (unpaired) electrons. The zero-order valence-corrected chi connectivity index (χ0v) is 20.3. The van der Waals surface area contributed by atoms with Gasteiger partial charge in [0.25, 0.3) is 5.91 Å². The summed E-state index contributed by atoms with van der Waals surface area (Å²) >= 11 is 3.02. The van der Waals surface area contributed by atoms with E-state index in [1.165, 1.54) is 16.9 Å². The number of carbonyl (C=O) groups excluding carboxylic acids is 1. The zero-order chi connectivity index (χ0) is 21.2. The second kappa shape index (κ2) is 10.2. The van der Waals surface area contributed by atoms with Crippen LogP contribution in [0.3, 0.4) is 0 Å². The number of carbonyl (C=O) groups is 1. The van der Waals surface area contributed by atoms with Crippen LogP contribution in [0, 0.1) is 0 Å². The number of para-hydroxylation sites is 1. The molecule has 9 heteroatoms. The van der Waals surface area contributed by atoms with Crippen molar-refractivity contribution in [3.05, 3.63) is 53.0 Å². The van der Waals surface area contributed by atoms with Gasteiger partial charge in [-0.3, -0.25) is 14.6 Å². The summed E-state index contributed by atoms with van der Waals surface area (Å²) in [6.45, 7) is 6.78. The minimum atomic E-state index is -0.0794. The number of aromatic nitrogens is 2.